The molecular formula is C14H18N2OS. The van der Waals surface area contributed by atoms with Gasteiger partial charge in [0.1, 0.15) is 11.9 Å². The van der Waals surface area contributed by atoms with Gasteiger partial charge >= 0.3 is 0 Å². The molecular weight excluding hydrogens is 244 g/mol. The minimum atomic E-state index is 0.170. The first-order valence-corrected chi connectivity index (χ1v) is 7.31. The van der Waals surface area contributed by atoms with Crippen molar-refractivity contribution in [2.75, 3.05) is 12.3 Å². The Kier molecular flexibility index (Phi) is 2.98. The molecule has 2 aliphatic heterocycles. The van der Waals surface area contributed by atoms with Gasteiger partial charge in [0.15, 0.2) is 5.17 Å². The molecule has 0 saturated carbocycles. The van der Waals surface area contributed by atoms with Crippen molar-refractivity contribution >= 4 is 16.9 Å². The number of ether oxygens (including phenoxy) is 1. The van der Waals surface area contributed by atoms with Gasteiger partial charge in [-0.3, -0.25) is 4.99 Å². The molecule has 1 aromatic rings. The van der Waals surface area contributed by atoms with Crippen LogP contribution in [0.15, 0.2) is 29.3 Å². The highest BCUT2D eigenvalue weighted by Crippen LogP contribution is 2.28. The van der Waals surface area contributed by atoms with Gasteiger partial charge in [0.05, 0.1) is 6.54 Å². The molecule has 0 aliphatic carbocycles. The van der Waals surface area contributed by atoms with Crippen molar-refractivity contribution in [2.45, 2.75) is 31.9 Å². The standard InChI is InChI=1S/C14H18N2OS/c1-14(2)9-18-13(16-14)15-8-11-7-10-5-3-4-6-12(10)17-11/h3-6,11H,7-9H2,1-2H3,(H,15,16). The SMILES string of the molecule is CC1(C)CSC(=NCC2Cc3ccccc3O2)N1. The van der Waals surface area contributed by atoms with E-state index in [9.17, 15) is 0 Å². The van der Waals surface area contributed by atoms with E-state index < -0.39 is 0 Å². The first-order valence-electron chi connectivity index (χ1n) is 6.32. The van der Waals surface area contributed by atoms with Crippen LogP contribution in [0.1, 0.15) is 19.4 Å². The molecule has 3 rings (SSSR count). The van der Waals surface area contributed by atoms with Gasteiger partial charge in [0, 0.05) is 17.7 Å². The highest BCUT2D eigenvalue weighted by atomic mass is 32.2. The summed E-state index contributed by atoms with van der Waals surface area (Å²) >= 11 is 1.80. The van der Waals surface area contributed by atoms with Gasteiger partial charge in [0.25, 0.3) is 0 Å². The molecule has 0 radical (unpaired) electrons. The Morgan fingerprint density at radius 3 is 3.00 bits per heavy atom. The second-order valence-electron chi connectivity index (χ2n) is 5.50. The zero-order valence-electron chi connectivity index (χ0n) is 10.8. The summed E-state index contributed by atoms with van der Waals surface area (Å²) < 4.78 is 5.87. The molecule has 1 fully saturated rings. The molecule has 3 nitrogen and oxygen atoms in total. The Labute approximate surface area is 112 Å². The number of nitrogens with zero attached hydrogens (tertiary/aromatic N) is 1. The van der Waals surface area contributed by atoms with E-state index >= 15 is 0 Å². The first kappa shape index (κ1) is 11.9. The lowest BCUT2D eigenvalue weighted by atomic mass is 10.1. The average Bonchev–Trinajstić information content (AvgIpc) is 2.89. The molecule has 0 bridgehead atoms. The lowest BCUT2D eigenvalue weighted by Crippen LogP contribution is -2.37. The first-order chi connectivity index (χ1) is 8.62. The summed E-state index contributed by atoms with van der Waals surface area (Å²) in [5, 5.41) is 4.49. The molecule has 2 aliphatic rings. The number of thioether (sulfide) groups is 1. The van der Waals surface area contributed by atoms with Crippen LogP contribution >= 0.6 is 11.8 Å². The predicted molar refractivity (Wildman–Crippen MR) is 76.5 cm³/mol. The number of fused-ring (bicyclic) bond motifs is 1. The van der Waals surface area contributed by atoms with Crippen LogP contribution < -0.4 is 10.1 Å². The van der Waals surface area contributed by atoms with Crippen molar-refractivity contribution in [2.24, 2.45) is 4.99 Å². The maximum absolute atomic E-state index is 5.87. The number of rotatable bonds is 2. The normalized spacial score (nSPS) is 26.8. The smallest absolute Gasteiger partial charge is 0.157 e. The summed E-state index contributed by atoms with van der Waals surface area (Å²) in [6.07, 6.45) is 1.17. The van der Waals surface area contributed by atoms with Crippen molar-refractivity contribution in [3.8, 4) is 5.75 Å². The molecule has 1 N–H and O–H groups in total. The number of para-hydroxylation sites is 1. The highest BCUT2D eigenvalue weighted by molar-refractivity contribution is 8.14. The minimum absolute atomic E-state index is 0.170. The molecule has 0 spiro atoms. The van der Waals surface area contributed by atoms with E-state index in [1.165, 1.54) is 5.56 Å². The van der Waals surface area contributed by atoms with Crippen LogP contribution in [-0.2, 0) is 6.42 Å². The summed E-state index contributed by atoms with van der Waals surface area (Å²) in [5.74, 6) is 2.10. The molecule has 18 heavy (non-hydrogen) atoms. The fraction of sp³-hybridized carbons (Fsp3) is 0.500. The third-order valence-corrected chi connectivity index (χ3v) is 4.54. The highest BCUT2D eigenvalue weighted by Gasteiger charge is 2.28. The Bertz CT molecular complexity index is 459. The number of aliphatic imine (C=N–C) groups is 1. The molecule has 0 aromatic heterocycles. The fourth-order valence-corrected chi connectivity index (χ4v) is 3.32. The van der Waals surface area contributed by atoms with E-state index in [1.54, 1.807) is 11.8 Å². The Hall–Kier alpha value is -1.16. The molecule has 4 heteroatoms. The molecule has 2 heterocycles. The van der Waals surface area contributed by atoms with Crippen LogP contribution in [0.2, 0.25) is 0 Å². The van der Waals surface area contributed by atoms with Gasteiger partial charge < -0.3 is 10.1 Å². The lowest BCUT2D eigenvalue weighted by molar-refractivity contribution is 0.242. The van der Waals surface area contributed by atoms with Crippen molar-refractivity contribution < 1.29 is 4.74 Å². The zero-order valence-corrected chi connectivity index (χ0v) is 11.6. The second-order valence-corrected chi connectivity index (χ2v) is 6.46. The summed E-state index contributed by atoms with van der Waals surface area (Å²) in [6, 6.07) is 8.25. The van der Waals surface area contributed by atoms with Crippen LogP contribution in [0.3, 0.4) is 0 Å². The molecule has 1 saturated heterocycles. The van der Waals surface area contributed by atoms with E-state index in [1.807, 2.05) is 12.1 Å². The summed E-state index contributed by atoms with van der Waals surface area (Å²) in [5.41, 5.74) is 1.47. The average molecular weight is 262 g/mol. The maximum atomic E-state index is 5.87. The van der Waals surface area contributed by atoms with E-state index in [-0.39, 0.29) is 11.6 Å². The van der Waals surface area contributed by atoms with Gasteiger partial charge in [-0.25, -0.2) is 0 Å². The third kappa shape index (κ3) is 2.48. The van der Waals surface area contributed by atoms with E-state index in [2.05, 4.69) is 36.3 Å². The van der Waals surface area contributed by atoms with Crippen LogP contribution in [0.5, 0.6) is 5.75 Å². The predicted octanol–water partition coefficient (Wildman–Crippen LogP) is 2.46. The Balaban J connectivity index is 1.59. The quantitative estimate of drug-likeness (QED) is 0.889. The van der Waals surface area contributed by atoms with E-state index in [0.29, 0.717) is 0 Å². The number of hydrogen-bond donors (Lipinski definition) is 1. The van der Waals surface area contributed by atoms with Gasteiger partial charge in [-0.1, -0.05) is 30.0 Å². The summed E-state index contributed by atoms with van der Waals surface area (Å²) in [7, 11) is 0. The topological polar surface area (TPSA) is 33.6 Å². The largest absolute Gasteiger partial charge is 0.488 e. The number of amidine groups is 1. The molecule has 1 unspecified atom stereocenters. The Morgan fingerprint density at radius 2 is 2.28 bits per heavy atom. The number of hydrogen-bond acceptors (Lipinski definition) is 3. The van der Waals surface area contributed by atoms with Crippen molar-refractivity contribution in [3.63, 3.8) is 0 Å². The minimum Gasteiger partial charge on any atom is -0.488 e. The monoisotopic (exact) mass is 262 g/mol. The van der Waals surface area contributed by atoms with Crippen molar-refractivity contribution in [3.05, 3.63) is 29.8 Å². The second kappa shape index (κ2) is 4.50. The third-order valence-electron chi connectivity index (χ3n) is 3.17. The molecule has 0 amide bonds. The Morgan fingerprint density at radius 1 is 1.44 bits per heavy atom. The van der Waals surface area contributed by atoms with Gasteiger partial charge in [0.2, 0.25) is 0 Å². The van der Waals surface area contributed by atoms with Crippen LogP contribution in [0, 0.1) is 0 Å². The van der Waals surface area contributed by atoms with Gasteiger partial charge in [-0.15, -0.1) is 0 Å². The number of benzene rings is 1. The fourth-order valence-electron chi connectivity index (χ4n) is 2.24. The summed E-state index contributed by atoms with van der Waals surface area (Å²) in [6.45, 7) is 5.13. The van der Waals surface area contributed by atoms with Crippen LogP contribution in [-0.4, -0.2) is 29.1 Å². The maximum Gasteiger partial charge on any atom is 0.157 e. The zero-order chi connectivity index (χ0) is 12.6. The van der Waals surface area contributed by atoms with Crippen LogP contribution in [0.25, 0.3) is 0 Å². The van der Waals surface area contributed by atoms with Crippen molar-refractivity contribution in [1.29, 1.82) is 0 Å². The number of nitrogens with one attached hydrogen (secondary N) is 1. The molecule has 1 aromatic carbocycles. The van der Waals surface area contributed by atoms with E-state index in [0.717, 1.165) is 29.6 Å². The van der Waals surface area contributed by atoms with Crippen molar-refractivity contribution in [1.82, 2.24) is 5.32 Å². The molecule has 1 atom stereocenters. The van der Waals surface area contributed by atoms with E-state index in [4.69, 9.17) is 4.74 Å². The van der Waals surface area contributed by atoms with Crippen LogP contribution in [0.4, 0.5) is 0 Å². The summed E-state index contributed by atoms with van der Waals surface area (Å²) in [4.78, 5) is 4.63. The van der Waals surface area contributed by atoms with Gasteiger partial charge in [-0.05, 0) is 25.5 Å². The lowest BCUT2D eigenvalue weighted by Gasteiger charge is -2.16. The van der Waals surface area contributed by atoms with Gasteiger partial charge in [-0.2, -0.15) is 0 Å². The molecule has 96 valence electrons.